The van der Waals surface area contributed by atoms with Crippen molar-refractivity contribution in [2.24, 2.45) is 17.1 Å². The molecule has 2 rings (SSSR count). The van der Waals surface area contributed by atoms with E-state index < -0.39 is 0 Å². The molecule has 1 aliphatic carbocycles. The van der Waals surface area contributed by atoms with E-state index in [0.717, 1.165) is 12.1 Å². The summed E-state index contributed by atoms with van der Waals surface area (Å²) >= 11 is 0. The number of rotatable bonds is 7. The molecule has 110 valence electrons. The first-order valence-electron chi connectivity index (χ1n) is 7.66. The average molecular weight is 274 g/mol. The summed E-state index contributed by atoms with van der Waals surface area (Å²) in [5.74, 6) is -0.126. The molecule has 1 amide bonds. The van der Waals surface area contributed by atoms with Gasteiger partial charge in [-0.25, -0.2) is 0 Å². The second kappa shape index (κ2) is 6.40. The maximum atomic E-state index is 12.2. The van der Waals surface area contributed by atoms with Gasteiger partial charge in [-0.15, -0.1) is 0 Å². The van der Waals surface area contributed by atoms with E-state index in [2.05, 4.69) is 12.2 Å². The van der Waals surface area contributed by atoms with Crippen LogP contribution in [0, 0.1) is 11.3 Å². The van der Waals surface area contributed by atoms with Gasteiger partial charge in [0.2, 0.25) is 5.91 Å². The van der Waals surface area contributed by atoms with Gasteiger partial charge in [-0.1, -0.05) is 50.6 Å². The van der Waals surface area contributed by atoms with Gasteiger partial charge in [-0.2, -0.15) is 0 Å². The summed E-state index contributed by atoms with van der Waals surface area (Å²) in [5, 5.41) is 3.10. The maximum absolute atomic E-state index is 12.2. The van der Waals surface area contributed by atoms with Crippen LogP contribution in [-0.4, -0.2) is 12.5 Å². The fourth-order valence-corrected chi connectivity index (χ4v) is 2.78. The van der Waals surface area contributed by atoms with Crippen molar-refractivity contribution in [3.05, 3.63) is 35.9 Å². The first-order chi connectivity index (χ1) is 9.58. The molecule has 1 saturated carbocycles. The molecule has 0 bridgehead atoms. The minimum Gasteiger partial charge on any atom is -0.355 e. The molecule has 0 aliphatic heterocycles. The van der Waals surface area contributed by atoms with Gasteiger partial charge in [-0.3, -0.25) is 4.79 Å². The second-order valence-corrected chi connectivity index (χ2v) is 6.19. The zero-order valence-corrected chi connectivity index (χ0v) is 12.6. The van der Waals surface area contributed by atoms with Crippen LogP contribution in [0.2, 0.25) is 0 Å². The van der Waals surface area contributed by atoms with Gasteiger partial charge in [0.15, 0.2) is 0 Å². The summed E-state index contributed by atoms with van der Waals surface area (Å²) < 4.78 is 0. The molecule has 0 heterocycles. The Bertz CT molecular complexity index is 440. The van der Waals surface area contributed by atoms with Crippen molar-refractivity contribution in [1.82, 2.24) is 5.32 Å². The number of nitrogens with one attached hydrogen (secondary N) is 1. The van der Waals surface area contributed by atoms with Gasteiger partial charge in [0.25, 0.3) is 0 Å². The third-order valence-corrected chi connectivity index (χ3v) is 4.51. The predicted molar refractivity (Wildman–Crippen MR) is 82.1 cm³/mol. The van der Waals surface area contributed by atoms with Crippen molar-refractivity contribution in [3.63, 3.8) is 0 Å². The minimum atomic E-state index is -0.238. The molecule has 0 radical (unpaired) electrons. The fraction of sp³-hybridized carbons (Fsp3) is 0.588. The van der Waals surface area contributed by atoms with Gasteiger partial charge >= 0.3 is 0 Å². The molecule has 2 atom stereocenters. The zero-order chi connectivity index (χ0) is 14.6. The van der Waals surface area contributed by atoms with Crippen LogP contribution in [0.1, 0.15) is 51.1 Å². The summed E-state index contributed by atoms with van der Waals surface area (Å²) in [6.07, 6.45) is 4.90. The van der Waals surface area contributed by atoms with Crippen LogP contribution in [-0.2, 0) is 4.79 Å². The van der Waals surface area contributed by atoms with E-state index in [0.29, 0.717) is 5.41 Å². The molecular formula is C17H26N2O. The molecule has 20 heavy (non-hydrogen) atoms. The lowest BCUT2D eigenvalue weighted by molar-refractivity contribution is -0.125. The Morgan fingerprint density at radius 3 is 2.55 bits per heavy atom. The Balaban J connectivity index is 1.86. The summed E-state index contributed by atoms with van der Waals surface area (Å²) in [4.78, 5) is 12.2. The van der Waals surface area contributed by atoms with Gasteiger partial charge < -0.3 is 11.1 Å². The molecule has 1 aliphatic rings. The topological polar surface area (TPSA) is 55.1 Å². The Kier molecular flexibility index (Phi) is 4.81. The van der Waals surface area contributed by atoms with E-state index in [1.54, 1.807) is 0 Å². The second-order valence-electron chi connectivity index (χ2n) is 6.19. The van der Waals surface area contributed by atoms with Crippen LogP contribution in [0.3, 0.4) is 0 Å². The van der Waals surface area contributed by atoms with Crippen LogP contribution in [0.15, 0.2) is 30.3 Å². The molecule has 3 N–H and O–H groups in total. The van der Waals surface area contributed by atoms with Crippen molar-refractivity contribution >= 4 is 5.91 Å². The first-order valence-corrected chi connectivity index (χ1v) is 7.66. The molecule has 1 fully saturated rings. The molecular weight excluding hydrogens is 248 g/mol. The van der Waals surface area contributed by atoms with Crippen LogP contribution in [0.5, 0.6) is 0 Å². The molecule has 3 nitrogen and oxygen atoms in total. The van der Waals surface area contributed by atoms with Crippen molar-refractivity contribution in [1.29, 1.82) is 0 Å². The lowest BCUT2D eigenvalue weighted by Gasteiger charge is -2.22. The van der Waals surface area contributed by atoms with Gasteiger partial charge in [0.1, 0.15) is 0 Å². The summed E-state index contributed by atoms with van der Waals surface area (Å²) in [7, 11) is 0. The van der Waals surface area contributed by atoms with Crippen molar-refractivity contribution in [3.8, 4) is 0 Å². The van der Waals surface area contributed by atoms with E-state index in [1.165, 1.54) is 25.7 Å². The molecule has 0 aromatic heterocycles. The predicted octanol–water partition coefficient (Wildman–Crippen LogP) is 3.02. The summed E-state index contributed by atoms with van der Waals surface area (Å²) in [6, 6.07) is 9.60. The van der Waals surface area contributed by atoms with Crippen LogP contribution < -0.4 is 11.1 Å². The number of hydrogen-bond donors (Lipinski definition) is 2. The molecule has 3 heteroatoms. The molecule has 1 aromatic rings. The quantitative estimate of drug-likeness (QED) is 0.803. The summed E-state index contributed by atoms with van der Waals surface area (Å²) in [5.41, 5.74) is 7.60. The Morgan fingerprint density at radius 1 is 1.35 bits per heavy atom. The van der Waals surface area contributed by atoms with E-state index in [1.807, 2.05) is 37.3 Å². The van der Waals surface area contributed by atoms with Gasteiger partial charge in [-0.05, 0) is 30.2 Å². The van der Waals surface area contributed by atoms with E-state index in [4.69, 9.17) is 5.73 Å². The minimum absolute atomic E-state index is 0.0729. The number of hydrogen-bond acceptors (Lipinski definition) is 2. The fourth-order valence-electron chi connectivity index (χ4n) is 2.78. The zero-order valence-electron chi connectivity index (χ0n) is 12.6. The largest absolute Gasteiger partial charge is 0.355 e. The lowest BCUT2D eigenvalue weighted by atomic mass is 9.94. The lowest BCUT2D eigenvalue weighted by Crippen LogP contribution is -2.38. The van der Waals surface area contributed by atoms with Gasteiger partial charge in [0.05, 0.1) is 5.92 Å². The number of carbonyl (C=O) groups excluding carboxylic acids is 1. The number of amides is 1. The Labute approximate surface area is 121 Å². The highest BCUT2D eigenvalue weighted by Crippen LogP contribution is 2.48. The van der Waals surface area contributed by atoms with E-state index >= 15 is 0 Å². The SMILES string of the molecule is CCCC1(CNC(=O)C(C)C(N)c2ccccc2)CC1. The Hall–Kier alpha value is -1.35. The number of benzene rings is 1. The van der Waals surface area contributed by atoms with Crippen LogP contribution in [0.25, 0.3) is 0 Å². The summed E-state index contributed by atoms with van der Waals surface area (Å²) in [6.45, 7) is 4.92. The average Bonchev–Trinajstić information content (AvgIpc) is 3.24. The Morgan fingerprint density at radius 2 is 2.00 bits per heavy atom. The highest BCUT2D eigenvalue weighted by molar-refractivity contribution is 5.79. The number of nitrogens with two attached hydrogens (primary N) is 1. The van der Waals surface area contributed by atoms with Crippen LogP contribution in [0.4, 0.5) is 0 Å². The molecule has 2 unspecified atom stereocenters. The van der Waals surface area contributed by atoms with Crippen LogP contribution >= 0.6 is 0 Å². The van der Waals surface area contributed by atoms with Crippen molar-refractivity contribution in [2.45, 2.75) is 45.6 Å². The monoisotopic (exact) mass is 274 g/mol. The first kappa shape index (κ1) is 15.0. The van der Waals surface area contributed by atoms with E-state index in [9.17, 15) is 4.79 Å². The van der Waals surface area contributed by atoms with Gasteiger partial charge in [0, 0.05) is 12.6 Å². The third-order valence-electron chi connectivity index (χ3n) is 4.51. The highest BCUT2D eigenvalue weighted by atomic mass is 16.1. The molecule has 0 spiro atoms. The molecule has 0 saturated heterocycles. The van der Waals surface area contributed by atoms with Crippen molar-refractivity contribution in [2.75, 3.05) is 6.54 Å². The maximum Gasteiger partial charge on any atom is 0.224 e. The standard InChI is InChI=1S/C17H26N2O/c1-3-9-17(10-11-17)12-19-16(20)13(2)15(18)14-7-5-4-6-8-14/h4-8,13,15H,3,9-12,18H2,1-2H3,(H,19,20). The normalized spacial score (nSPS) is 19.1. The van der Waals surface area contributed by atoms with Crippen molar-refractivity contribution < 1.29 is 4.79 Å². The number of carbonyl (C=O) groups is 1. The third kappa shape index (κ3) is 3.60. The molecule has 1 aromatic carbocycles. The highest BCUT2D eigenvalue weighted by Gasteiger charge is 2.41. The smallest absolute Gasteiger partial charge is 0.224 e. The van der Waals surface area contributed by atoms with E-state index in [-0.39, 0.29) is 17.9 Å².